The van der Waals surface area contributed by atoms with E-state index in [0.29, 0.717) is 22.6 Å². The van der Waals surface area contributed by atoms with E-state index in [4.69, 9.17) is 10.5 Å². The molecule has 3 N–H and O–H groups in total. The van der Waals surface area contributed by atoms with Gasteiger partial charge in [-0.05, 0) is 43.9 Å². The quantitative estimate of drug-likeness (QED) is 0.722. The lowest BCUT2D eigenvalue weighted by Crippen LogP contribution is -2.23. The number of ether oxygens (including phenoxy) is 1. The predicted molar refractivity (Wildman–Crippen MR) is 100 cm³/mol. The molecule has 1 aromatic heterocycles. The molecule has 0 spiro atoms. The molecular weight excluding hydrogens is 317 g/mol. The fraction of sp³-hybridized carbons (Fsp3) is 0.650. The van der Waals surface area contributed by atoms with E-state index in [2.05, 4.69) is 31.0 Å². The van der Waals surface area contributed by atoms with Crippen LogP contribution in [-0.2, 0) is 0 Å². The molecule has 1 saturated carbocycles. The van der Waals surface area contributed by atoms with Gasteiger partial charge in [-0.25, -0.2) is 4.39 Å². The number of rotatable bonds is 5. The first-order valence-electron chi connectivity index (χ1n) is 9.53. The molecule has 1 aliphatic carbocycles. The van der Waals surface area contributed by atoms with Gasteiger partial charge >= 0.3 is 0 Å². The Hall–Kier alpha value is -1.78. The van der Waals surface area contributed by atoms with Crippen molar-refractivity contribution in [1.29, 1.82) is 0 Å². The van der Waals surface area contributed by atoms with Crippen LogP contribution in [0.1, 0.15) is 59.3 Å². The van der Waals surface area contributed by atoms with Gasteiger partial charge in [-0.3, -0.25) is 5.10 Å². The van der Waals surface area contributed by atoms with Crippen LogP contribution in [0.5, 0.6) is 5.75 Å². The minimum Gasteiger partial charge on any atom is -0.490 e. The highest BCUT2D eigenvalue weighted by atomic mass is 19.1. The highest BCUT2D eigenvalue weighted by Gasteiger charge is 2.25. The smallest absolute Gasteiger partial charge is 0.156 e. The first-order valence-corrected chi connectivity index (χ1v) is 9.53. The monoisotopic (exact) mass is 347 g/mol. The summed E-state index contributed by atoms with van der Waals surface area (Å²) in [5.74, 6) is 2.49. The minimum absolute atomic E-state index is 0.0786. The average Bonchev–Trinajstić information content (AvgIpc) is 2.77. The largest absolute Gasteiger partial charge is 0.490 e. The number of fused-ring (bicyclic) bond motifs is 1. The molecule has 0 aliphatic heterocycles. The summed E-state index contributed by atoms with van der Waals surface area (Å²) in [5.41, 5.74) is 6.27. The maximum Gasteiger partial charge on any atom is 0.156 e. The zero-order chi connectivity index (χ0) is 18.0. The number of anilines is 1. The fourth-order valence-electron chi connectivity index (χ4n) is 4.26. The number of nitrogens with two attached hydrogens (primary N) is 1. The molecule has 2 unspecified atom stereocenters. The topological polar surface area (TPSA) is 63.9 Å². The fourth-order valence-corrected chi connectivity index (χ4v) is 4.26. The summed E-state index contributed by atoms with van der Waals surface area (Å²) in [6.07, 6.45) is 7.66. The molecule has 1 aliphatic rings. The van der Waals surface area contributed by atoms with Crippen molar-refractivity contribution in [2.45, 2.75) is 65.4 Å². The standard InChI is InChI=1S/C20H30FN3O/c1-12(2)9-14-5-4-6-15(8-7-14)13(3)25-16-10-17(21)19-18(11-16)23-24-20(19)22/h10-15H,4-9H2,1-3H3,(H3,22,23,24)/t13-,14?,15?/m0/s1. The van der Waals surface area contributed by atoms with E-state index in [1.807, 2.05) is 0 Å². The van der Waals surface area contributed by atoms with Gasteiger partial charge in [0.15, 0.2) is 5.82 Å². The Morgan fingerprint density at radius 1 is 1.24 bits per heavy atom. The van der Waals surface area contributed by atoms with Crippen molar-refractivity contribution in [2.24, 2.45) is 17.8 Å². The third-order valence-corrected chi connectivity index (χ3v) is 5.54. The van der Waals surface area contributed by atoms with Crippen molar-refractivity contribution < 1.29 is 9.13 Å². The van der Waals surface area contributed by atoms with Crippen molar-refractivity contribution >= 4 is 16.7 Å². The molecule has 0 bridgehead atoms. The van der Waals surface area contributed by atoms with Crippen molar-refractivity contribution in [3.8, 4) is 5.75 Å². The number of halogens is 1. The summed E-state index contributed by atoms with van der Waals surface area (Å²) in [6, 6.07) is 3.21. The predicted octanol–water partition coefficient (Wildman–Crippen LogP) is 5.29. The van der Waals surface area contributed by atoms with E-state index in [0.717, 1.165) is 11.8 Å². The number of H-pyrrole nitrogens is 1. The van der Waals surface area contributed by atoms with Gasteiger partial charge < -0.3 is 10.5 Å². The molecule has 2 aromatic rings. The number of aromatic amines is 1. The Labute approximate surface area is 149 Å². The first kappa shape index (κ1) is 18.0. The number of nitrogens with one attached hydrogen (secondary N) is 1. The molecule has 1 heterocycles. The van der Waals surface area contributed by atoms with E-state index < -0.39 is 0 Å². The highest BCUT2D eigenvalue weighted by molar-refractivity contribution is 5.90. The molecule has 25 heavy (non-hydrogen) atoms. The summed E-state index contributed by atoms with van der Waals surface area (Å²) in [4.78, 5) is 0. The Morgan fingerprint density at radius 3 is 2.80 bits per heavy atom. The molecule has 3 rings (SSSR count). The van der Waals surface area contributed by atoms with Crippen LogP contribution in [0.2, 0.25) is 0 Å². The number of hydrogen-bond donors (Lipinski definition) is 2. The van der Waals surface area contributed by atoms with Crippen LogP contribution in [-0.4, -0.2) is 16.3 Å². The number of hydrogen-bond acceptors (Lipinski definition) is 3. The number of aromatic nitrogens is 2. The molecule has 138 valence electrons. The van der Waals surface area contributed by atoms with Gasteiger partial charge in [-0.15, -0.1) is 0 Å². The first-order chi connectivity index (χ1) is 11.9. The van der Waals surface area contributed by atoms with Gasteiger partial charge in [0.2, 0.25) is 0 Å². The van der Waals surface area contributed by atoms with E-state index in [1.54, 1.807) is 6.07 Å². The highest BCUT2D eigenvalue weighted by Crippen LogP contribution is 2.34. The Balaban J connectivity index is 1.65. The van der Waals surface area contributed by atoms with E-state index in [-0.39, 0.29) is 17.7 Å². The summed E-state index contributed by atoms with van der Waals surface area (Å²) in [7, 11) is 0. The van der Waals surface area contributed by atoms with Gasteiger partial charge in [0.1, 0.15) is 11.6 Å². The minimum atomic E-state index is -0.385. The van der Waals surface area contributed by atoms with Gasteiger partial charge in [-0.1, -0.05) is 33.1 Å². The normalized spacial score (nSPS) is 22.9. The lowest BCUT2D eigenvalue weighted by molar-refractivity contribution is 0.138. The lowest BCUT2D eigenvalue weighted by atomic mass is 9.89. The molecule has 0 amide bonds. The second-order valence-electron chi connectivity index (χ2n) is 8.02. The maximum absolute atomic E-state index is 14.3. The van der Waals surface area contributed by atoms with Gasteiger partial charge in [0.05, 0.1) is 17.0 Å². The second kappa shape index (κ2) is 7.63. The second-order valence-corrected chi connectivity index (χ2v) is 8.02. The van der Waals surface area contributed by atoms with E-state index in [9.17, 15) is 4.39 Å². The number of nitrogens with zero attached hydrogens (tertiary/aromatic N) is 1. The number of benzene rings is 1. The maximum atomic E-state index is 14.3. The van der Waals surface area contributed by atoms with Crippen molar-refractivity contribution in [2.75, 3.05) is 5.73 Å². The Bertz CT molecular complexity index is 712. The third kappa shape index (κ3) is 4.25. The zero-order valence-corrected chi connectivity index (χ0v) is 15.5. The van der Waals surface area contributed by atoms with Crippen LogP contribution in [0.4, 0.5) is 10.2 Å². The zero-order valence-electron chi connectivity index (χ0n) is 15.5. The molecule has 1 fully saturated rings. The van der Waals surface area contributed by atoms with Crippen molar-refractivity contribution in [1.82, 2.24) is 10.2 Å². The number of nitrogen functional groups attached to an aromatic ring is 1. The van der Waals surface area contributed by atoms with Gasteiger partial charge in [0.25, 0.3) is 0 Å². The van der Waals surface area contributed by atoms with Crippen molar-refractivity contribution in [3.05, 3.63) is 17.9 Å². The van der Waals surface area contributed by atoms with Crippen molar-refractivity contribution in [3.63, 3.8) is 0 Å². The van der Waals surface area contributed by atoms with Gasteiger partial charge in [-0.2, -0.15) is 5.10 Å². The summed E-state index contributed by atoms with van der Waals surface area (Å²) in [6.45, 7) is 6.72. The molecule has 1 aromatic carbocycles. The Morgan fingerprint density at radius 2 is 2.04 bits per heavy atom. The van der Waals surface area contributed by atoms with Gasteiger partial charge in [0, 0.05) is 12.1 Å². The molecule has 3 atom stereocenters. The van der Waals surface area contributed by atoms with Crippen LogP contribution in [0.3, 0.4) is 0 Å². The summed E-state index contributed by atoms with van der Waals surface area (Å²) >= 11 is 0. The van der Waals surface area contributed by atoms with E-state index in [1.165, 1.54) is 44.6 Å². The van der Waals surface area contributed by atoms with Crippen LogP contribution < -0.4 is 10.5 Å². The van der Waals surface area contributed by atoms with Crippen LogP contribution in [0, 0.1) is 23.6 Å². The average molecular weight is 347 g/mol. The SMILES string of the molecule is CC(C)CC1CCCC([C@H](C)Oc2cc(F)c3c(N)n[nH]c3c2)CC1. The molecular formula is C20H30FN3O. The lowest BCUT2D eigenvalue weighted by Gasteiger charge is -2.24. The van der Waals surface area contributed by atoms with Crippen LogP contribution >= 0.6 is 0 Å². The molecule has 5 heteroatoms. The molecule has 4 nitrogen and oxygen atoms in total. The third-order valence-electron chi connectivity index (χ3n) is 5.54. The van der Waals surface area contributed by atoms with E-state index >= 15 is 0 Å². The van der Waals surface area contributed by atoms with Crippen LogP contribution in [0.15, 0.2) is 12.1 Å². The Kier molecular flexibility index (Phi) is 5.50. The summed E-state index contributed by atoms with van der Waals surface area (Å²) < 4.78 is 20.3. The molecule has 0 radical (unpaired) electrons. The molecule has 0 saturated heterocycles. The van der Waals surface area contributed by atoms with Crippen LogP contribution in [0.25, 0.3) is 10.9 Å². The summed E-state index contributed by atoms with van der Waals surface area (Å²) in [5, 5.41) is 6.97.